The summed E-state index contributed by atoms with van der Waals surface area (Å²) in [4.78, 5) is 99.4. The maximum atomic E-state index is 11.4. The molecule has 0 aromatic rings. The number of rotatable bonds is 15. The van der Waals surface area contributed by atoms with Crippen LogP contribution in [0.3, 0.4) is 0 Å². The van der Waals surface area contributed by atoms with Crippen LogP contribution in [0, 0.1) is 0 Å². The average molecular weight is 727 g/mol. The van der Waals surface area contributed by atoms with E-state index in [9.17, 15) is 43.2 Å². The maximum absolute atomic E-state index is 11.4. The van der Waals surface area contributed by atoms with E-state index in [1.54, 1.807) is 13.8 Å². The lowest BCUT2D eigenvalue weighted by Gasteiger charge is -2.14. The number of ether oxygens (including phenoxy) is 9. The smallest absolute Gasteiger partial charge is 0.348 e. The fourth-order valence-electron chi connectivity index (χ4n) is 3.76. The fourth-order valence-corrected chi connectivity index (χ4v) is 3.76. The molecule has 0 saturated carbocycles. The molecule has 51 heavy (non-hydrogen) atoms. The molecule has 0 spiro atoms. The Balaban J connectivity index is 0.000000383. The van der Waals surface area contributed by atoms with E-state index < -0.39 is 77.6 Å². The summed E-state index contributed by atoms with van der Waals surface area (Å²) in [7, 11) is 0. The quantitative estimate of drug-likeness (QED) is 0.130. The molecule has 0 radical (unpaired) electrons. The van der Waals surface area contributed by atoms with Gasteiger partial charge in [-0.1, -0.05) is 19.7 Å². The molecular weight excluding hydrogens is 684 g/mol. The third-order valence-corrected chi connectivity index (χ3v) is 6.23. The summed E-state index contributed by atoms with van der Waals surface area (Å²) in [5.41, 5.74) is -0.352. The topological polar surface area (TPSA) is 237 Å². The molecule has 0 aliphatic carbocycles. The van der Waals surface area contributed by atoms with Crippen molar-refractivity contribution in [3.8, 4) is 0 Å². The van der Waals surface area contributed by atoms with Crippen LogP contribution in [0.4, 0.5) is 0 Å². The van der Waals surface area contributed by atoms with Crippen LogP contribution in [0.1, 0.15) is 59.3 Å². The number of carbonyl (C=O) groups excluding carboxylic acids is 9. The number of esters is 9. The van der Waals surface area contributed by atoms with Gasteiger partial charge in [0.25, 0.3) is 0 Å². The van der Waals surface area contributed by atoms with Gasteiger partial charge in [0.1, 0.15) is 25.4 Å². The Hall–Kier alpha value is -5.55. The van der Waals surface area contributed by atoms with Gasteiger partial charge in [0.05, 0.1) is 32.5 Å². The minimum Gasteiger partial charge on any atom is -0.463 e. The highest BCUT2D eigenvalue weighted by Crippen LogP contribution is 2.27. The predicted molar refractivity (Wildman–Crippen MR) is 168 cm³/mol. The summed E-state index contributed by atoms with van der Waals surface area (Å²) in [6.45, 7) is 15.0. The Bertz CT molecular complexity index is 1340. The van der Waals surface area contributed by atoms with Gasteiger partial charge >= 0.3 is 53.7 Å². The van der Waals surface area contributed by atoms with Crippen LogP contribution in [0.15, 0.2) is 37.5 Å². The van der Waals surface area contributed by atoms with Crippen LogP contribution in [0.25, 0.3) is 0 Å². The Kier molecular flexibility index (Phi) is 18.9. The lowest BCUT2D eigenvalue weighted by atomic mass is 10.0. The lowest BCUT2D eigenvalue weighted by molar-refractivity contribution is -0.163. The fraction of sp³-hybridized carbons (Fsp3) is 0.545. The molecule has 3 aliphatic heterocycles. The summed E-state index contributed by atoms with van der Waals surface area (Å²) >= 11 is 0. The first kappa shape index (κ1) is 43.5. The second-order valence-corrected chi connectivity index (χ2v) is 11.1. The molecular formula is C33H42O18. The molecule has 0 amide bonds. The van der Waals surface area contributed by atoms with Gasteiger partial charge in [-0.05, 0) is 20.8 Å². The van der Waals surface area contributed by atoms with Gasteiger partial charge in [0.2, 0.25) is 18.3 Å². The largest absolute Gasteiger partial charge is 0.463 e. The molecule has 0 N–H and O–H groups in total. The molecule has 3 fully saturated rings. The van der Waals surface area contributed by atoms with E-state index in [0.717, 1.165) is 12.2 Å². The monoisotopic (exact) mass is 726 g/mol. The van der Waals surface area contributed by atoms with Gasteiger partial charge in [-0.2, -0.15) is 0 Å². The van der Waals surface area contributed by atoms with Crippen molar-refractivity contribution < 1.29 is 85.8 Å². The van der Waals surface area contributed by atoms with E-state index in [0.29, 0.717) is 19.3 Å². The molecule has 3 atom stereocenters. The number of hydrogen-bond acceptors (Lipinski definition) is 18. The first-order valence-electron chi connectivity index (χ1n) is 15.5. The van der Waals surface area contributed by atoms with Gasteiger partial charge in [-0.3, -0.25) is 14.4 Å². The Morgan fingerprint density at radius 3 is 1.39 bits per heavy atom. The molecule has 3 heterocycles. The van der Waals surface area contributed by atoms with Crippen molar-refractivity contribution in [1.29, 1.82) is 0 Å². The van der Waals surface area contributed by atoms with Crippen molar-refractivity contribution in [2.24, 2.45) is 0 Å². The average Bonchev–Trinajstić information content (AvgIpc) is 3.73. The van der Waals surface area contributed by atoms with Crippen LogP contribution in [-0.4, -0.2) is 111 Å². The Labute approximate surface area is 293 Å². The van der Waals surface area contributed by atoms with Crippen LogP contribution in [0.2, 0.25) is 0 Å². The zero-order valence-corrected chi connectivity index (χ0v) is 28.6. The van der Waals surface area contributed by atoms with Gasteiger partial charge in [0.15, 0.2) is 0 Å². The van der Waals surface area contributed by atoms with Crippen LogP contribution in [0.5, 0.6) is 0 Å². The molecule has 3 unspecified atom stereocenters. The Morgan fingerprint density at radius 2 is 1.08 bits per heavy atom. The third kappa shape index (κ3) is 18.1. The molecule has 3 rings (SSSR count). The van der Waals surface area contributed by atoms with Crippen molar-refractivity contribution in [2.75, 3.05) is 33.0 Å². The Morgan fingerprint density at radius 1 is 0.686 bits per heavy atom. The zero-order valence-electron chi connectivity index (χ0n) is 28.6. The summed E-state index contributed by atoms with van der Waals surface area (Å²) in [6, 6.07) is 0. The number of hydrogen-bond donors (Lipinski definition) is 0. The second-order valence-electron chi connectivity index (χ2n) is 11.1. The van der Waals surface area contributed by atoms with Crippen molar-refractivity contribution in [3.05, 3.63) is 37.5 Å². The molecule has 18 heteroatoms. The van der Waals surface area contributed by atoms with Gasteiger partial charge in [0, 0.05) is 37.0 Å². The second kappa shape index (κ2) is 22.2. The van der Waals surface area contributed by atoms with E-state index in [1.807, 2.05) is 0 Å². The highest BCUT2D eigenvalue weighted by Gasteiger charge is 2.42. The van der Waals surface area contributed by atoms with E-state index in [-0.39, 0.29) is 57.9 Å². The normalized spacial score (nSPS) is 19.4. The molecule has 3 aliphatic rings. The standard InChI is InChI=1S/C12H16O6.C11H14O6.C10H12O6/c1-4-9(13)16-6-5-10(14)17-8-7-12(2,3)18-11(8)15;1-7(2)10(13)15-6-4-9(12)17-8-3-5-16-11(8)14;1-2-8(11)14-6-4-9(12)16-7-3-5-15-10(7)13/h4,8H,1,5-7H2,2-3H3;8H,1,3-6H2,2H3;2,7H,1,3-6H2. The van der Waals surface area contributed by atoms with Gasteiger partial charge < -0.3 is 42.6 Å². The van der Waals surface area contributed by atoms with Crippen molar-refractivity contribution in [2.45, 2.75) is 83.2 Å². The van der Waals surface area contributed by atoms with E-state index in [4.69, 9.17) is 23.7 Å². The number of cyclic esters (lactones) is 3. The predicted octanol–water partition coefficient (Wildman–Crippen LogP) is 1.06. The molecule has 0 aromatic carbocycles. The molecule has 18 nitrogen and oxygen atoms in total. The minimum atomic E-state index is -0.873. The molecule has 0 aromatic heterocycles. The van der Waals surface area contributed by atoms with Gasteiger partial charge in [-0.25, -0.2) is 28.8 Å². The van der Waals surface area contributed by atoms with E-state index in [1.165, 1.54) is 6.92 Å². The summed E-state index contributed by atoms with van der Waals surface area (Å²) in [5, 5.41) is 0. The number of carbonyl (C=O) groups is 9. The molecule has 282 valence electrons. The van der Waals surface area contributed by atoms with Crippen LogP contribution in [-0.2, 0) is 85.8 Å². The molecule has 0 bridgehead atoms. The van der Waals surface area contributed by atoms with Crippen molar-refractivity contribution in [3.63, 3.8) is 0 Å². The summed E-state index contributed by atoms with van der Waals surface area (Å²) < 4.78 is 42.7. The van der Waals surface area contributed by atoms with Crippen LogP contribution < -0.4 is 0 Å². The maximum Gasteiger partial charge on any atom is 0.348 e. The lowest BCUT2D eigenvalue weighted by Crippen LogP contribution is -2.24. The van der Waals surface area contributed by atoms with Crippen molar-refractivity contribution >= 4 is 53.7 Å². The summed E-state index contributed by atoms with van der Waals surface area (Å²) in [6.07, 6.45) is 0.263. The zero-order chi connectivity index (χ0) is 38.6. The van der Waals surface area contributed by atoms with E-state index >= 15 is 0 Å². The van der Waals surface area contributed by atoms with E-state index in [2.05, 4.69) is 38.7 Å². The SMILES string of the molecule is C=C(C)C(=O)OCCC(=O)OC1CCOC1=O.C=CC(=O)OCCC(=O)OC1CC(C)(C)OC1=O.C=CC(=O)OCCC(=O)OC1CCOC1=O. The first-order chi connectivity index (χ1) is 24.0. The third-order valence-electron chi connectivity index (χ3n) is 6.23. The minimum absolute atomic E-state index is 0.0910. The van der Waals surface area contributed by atoms with Crippen LogP contribution >= 0.6 is 0 Å². The van der Waals surface area contributed by atoms with Gasteiger partial charge in [-0.15, -0.1) is 0 Å². The first-order valence-corrected chi connectivity index (χ1v) is 15.5. The van der Waals surface area contributed by atoms with Crippen molar-refractivity contribution in [1.82, 2.24) is 0 Å². The molecule has 3 saturated heterocycles. The highest BCUT2D eigenvalue weighted by molar-refractivity contribution is 5.87. The highest BCUT2D eigenvalue weighted by atomic mass is 16.6. The summed E-state index contributed by atoms with van der Waals surface area (Å²) in [5.74, 6) is -5.17.